The third-order valence-corrected chi connectivity index (χ3v) is 18.5. The van der Waals surface area contributed by atoms with E-state index in [-0.39, 0.29) is 75.3 Å². The van der Waals surface area contributed by atoms with Gasteiger partial charge in [0.05, 0.1) is 24.4 Å². The van der Waals surface area contributed by atoms with Crippen LogP contribution in [0.5, 0.6) is 0 Å². The second-order valence-electron chi connectivity index (χ2n) is 19.7. The van der Waals surface area contributed by atoms with E-state index in [1.54, 1.807) is 13.8 Å². The van der Waals surface area contributed by atoms with Crippen molar-refractivity contribution in [2.24, 2.45) is 62.6 Å². The number of carbonyl (C=O) groups excluding carboxylic acids is 4. The molecule has 0 radical (unpaired) electrons. The molecule has 298 valence electrons. The molecule has 8 aliphatic carbocycles. The number of hydrogen-bond acceptors (Lipinski definition) is 12. The molecule has 0 amide bonds. The number of Topliss-reactive ketones (excluding diaryl/α,β-unsaturated/α-hetero) is 2. The first kappa shape index (κ1) is 38.7. The van der Waals surface area contributed by atoms with Gasteiger partial charge in [0, 0.05) is 39.9 Å². The fourth-order valence-electron chi connectivity index (χ4n) is 16.3. The molecule has 6 saturated carbocycles. The standard InChI is InChI=1S/C42H58O12/c1-36-8-5-20(45)11-26(36)29(48)15-25-24-7-10-41(54,34(52)19-44)38(24,3)17-32(50)42(25,36)31-13-21(46)12-27-28(47)14-22-23-6-9-40(53,33(51)18-43)37(23,2)16-30(49)35(22)39(27,31)4/h11-12,22-25,28-32,35,43-44,47-50,53-54H,5-10,13-19H2,1-4H3/t22-,23-,24-,25-,28+,29+,30-,31?,32-,35+,36-,37-,38-,39+,40-,41-,42-/m0/s1. The molecule has 54 heavy (non-hydrogen) atoms. The lowest BCUT2D eigenvalue weighted by Crippen LogP contribution is -2.75. The Kier molecular flexibility index (Phi) is 8.56. The normalized spacial score (nSPS) is 55.0. The molecule has 8 aliphatic rings. The molecule has 0 aliphatic heterocycles. The van der Waals surface area contributed by atoms with Crippen LogP contribution in [0.4, 0.5) is 0 Å². The van der Waals surface area contributed by atoms with Crippen LogP contribution in [0.2, 0.25) is 0 Å². The summed E-state index contributed by atoms with van der Waals surface area (Å²) < 4.78 is 0. The van der Waals surface area contributed by atoms with Crippen LogP contribution in [-0.4, -0.2) is 113 Å². The lowest BCUT2D eigenvalue weighted by Gasteiger charge is -2.74. The van der Waals surface area contributed by atoms with E-state index in [1.165, 1.54) is 12.2 Å². The predicted molar refractivity (Wildman–Crippen MR) is 191 cm³/mol. The number of ketones is 4. The van der Waals surface area contributed by atoms with Crippen molar-refractivity contribution in [1.29, 1.82) is 0 Å². The third-order valence-electron chi connectivity index (χ3n) is 18.5. The Hall–Kier alpha value is -2.16. The minimum Gasteiger partial charge on any atom is -0.393 e. The summed E-state index contributed by atoms with van der Waals surface area (Å²) in [6, 6.07) is 0. The van der Waals surface area contributed by atoms with E-state index in [2.05, 4.69) is 0 Å². The number of fused-ring (bicyclic) bond motifs is 10. The second kappa shape index (κ2) is 11.9. The van der Waals surface area contributed by atoms with Crippen LogP contribution in [0.1, 0.15) is 98.3 Å². The Balaban J connectivity index is 1.36. The predicted octanol–water partition coefficient (Wildman–Crippen LogP) is 1.11. The van der Waals surface area contributed by atoms with Gasteiger partial charge in [-0.2, -0.15) is 0 Å². The molecule has 17 atom stereocenters. The molecule has 1 unspecified atom stereocenters. The fourth-order valence-corrected chi connectivity index (χ4v) is 16.3. The molecular formula is C42H58O12. The average molecular weight is 755 g/mol. The van der Waals surface area contributed by atoms with Gasteiger partial charge in [0.15, 0.2) is 23.1 Å². The largest absolute Gasteiger partial charge is 0.393 e. The Morgan fingerprint density at radius 3 is 1.89 bits per heavy atom. The number of rotatable bonds is 5. The molecule has 0 saturated heterocycles. The zero-order valence-electron chi connectivity index (χ0n) is 31.8. The highest BCUT2D eigenvalue weighted by atomic mass is 16.3. The number of carbonyl (C=O) groups is 4. The maximum absolute atomic E-state index is 14.2. The molecule has 8 rings (SSSR count). The van der Waals surface area contributed by atoms with Crippen molar-refractivity contribution < 1.29 is 60.0 Å². The first-order chi connectivity index (χ1) is 25.2. The summed E-state index contributed by atoms with van der Waals surface area (Å²) in [5, 5.41) is 93.8. The zero-order valence-corrected chi connectivity index (χ0v) is 31.8. The third kappa shape index (κ3) is 4.27. The molecular weight excluding hydrogens is 696 g/mol. The van der Waals surface area contributed by atoms with E-state index in [4.69, 9.17) is 0 Å². The van der Waals surface area contributed by atoms with Gasteiger partial charge >= 0.3 is 0 Å². The van der Waals surface area contributed by atoms with Crippen molar-refractivity contribution in [3.8, 4) is 0 Å². The first-order valence-corrected chi connectivity index (χ1v) is 20.1. The highest BCUT2D eigenvalue weighted by Crippen LogP contribution is 2.79. The topological polar surface area (TPSA) is 230 Å². The summed E-state index contributed by atoms with van der Waals surface area (Å²) >= 11 is 0. The summed E-state index contributed by atoms with van der Waals surface area (Å²) in [5.74, 6) is -4.95. The molecule has 0 heterocycles. The van der Waals surface area contributed by atoms with E-state index in [9.17, 15) is 60.0 Å². The maximum atomic E-state index is 14.2. The first-order valence-electron chi connectivity index (χ1n) is 20.1. The molecule has 0 aromatic rings. The van der Waals surface area contributed by atoms with E-state index >= 15 is 0 Å². The van der Waals surface area contributed by atoms with Crippen LogP contribution in [0.25, 0.3) is 0 Å². The number of aliphatic hydroxyl groups excluding tert-OH is 6. The lowest BCUT2D eigenvalue weighted by atomic mass is 9.30. The smallest absolute Gasteiger partial charge is 0.190 e. The van der Waals surface area contributed by atoms with Crippen LogP contribution in [-0.2, 0) is 19.2 Å². The molecule has 12 heteroatoms. The van der Waals surface area contributed by atoms with Gasteiger partial charge in [0.1, 0.15) is 24.4 Å². The summed E-state index contributed by atoms with van der Waals surface area (Å²) in [6.45, 7) is 5.78. The van der Waals surface area contributed by atoms with E-state index in [1.807, 2.05) is 13.8 Å². The van der Waals surface area contributed by atoms with Crippen molar-refractivity contribution in [2.75, 3.05) is 13.2 Å². The highest BCUT2D eigenvalue weighted by molar-refractivity contribution is 5.94. The van der Waals surface area contributed by atoms with E-state index in [0.29, 0.717) is 24.0 Å². The van der Waals surface area contributed by atoms with Gasteiger partial charge in [0.25, 0.3) is 0 Å². The second-order valence-corrected chi connectivity index (χ2v) is 19.7. The van der Waals surface area contributed by atoms with Gasteiger partial charge in [-0.3, -0.25) is 19.2 Å². The molecule has 0 bridgehead atoms. The summed E-state index contributed by atoms with van der Waals surface area (Å²) in [7, 11) is 0. The Morgan fingerprint density at radius 2 is 1.28 bits per heavy atom. The molecule has 0 spiro atoms. The Bertz CT molecular complexity index is 1750. The van der Waals surface area contributed by atoms with Gasteiger partial charge < -0.3 is 40.9 Å². The van der Waals surface area contributed by atoms with Crippen molar-refractivity contribution in [2.45, 2.75) is 134 Å². The van der Waals surface area contributed by atoms with Crippen molar-refractivity contribution in [1.82, 2.24) is 0 Å². The van der Waals surface area contributed by atoms with Crippen LogP contribution in [0.15, 0.2) is 23.3 Å². The van der Waals surface area contributed by atoms with E-state index in [0.717, 1.165) is 0 Å². The number of aliphatic hydroxyl groups is 8. The highest BCUT2D eigenvalue weighted by Gasteiger charge is 2.80. The molecule has 12 nitrogen and oxygen atoms in total. The average Bonchev–Trinajstić information content (AvgIpc) is 3.54. The van der Waals surface area contributed by atoms with Gasteiger partial charge in [-0.25, -0.2) is 0 Å². The van der Waals surface area contributed by atoms with Crippen LogP contribution < -0.4 is 0 Å². The number of hydrogen-bond donors (Lipinski definition) is 8. The minimum atomic E-state index is -1.94. The summed E-state index contributed by atoms with van der Waals surface area (Å²) in [4.78, 5) is 53.7. The van der Waals surface area contributed by atoms with Crippen LogP contribution in [0.3, 0.4) is 0 Å². The Labute approximate surface area is 315 Å². The van der Waals surface area contributed by atoms with Gasteiger partial charge in [0.2, 0.25) is 0 Å². The van der Waals surface area contributed by atoms with Crippen LogP contribution >= 0.6 is 0 Å². The monoisotopic (exact) mass is 754 g/mol. The van der Waals surface area contributed by atoms with Gasteiger partial charge in [-0.15, -0.1) is 0 Å². The zero-order chi connectivity index (χ0) is 39.3. The van der Waals surface area contributed by atoms with Crippen LogP contribution in [0, 0.1) is 62.6 Å². The summed E-state index contributed by atoms with van der Waals surface area (Å²) in [6.07, 6.45) is -0.100. The van der Waals surface area contributed by atoms with Crippen molar-refractivity contribution in [3.05, 3.63) is 23.3 Å². The van der Waals surface area contributed by atoms with Crippen molar-refractivity contribution in [3.63, 3.8) is 0 Å². The van der Waals surface area contributed by atoms with Gasteiger partial charge in [-0.05, 0) is 117 Å². The minimum absolute atomic E-state index is 0.0341. The van der Waals surface area contributed by atoms with Gasteiger partial charge in [-0.1, -0.05) is 27.7 Å². The lowest BCUT2D eigenvalue weighted by molar-refractivity contribution is -0.278. The molecule has 0 aromatic carbocycles. The SMILES string of the molecule is C[C@]12CCC(=O)C=C1[C@H](O)C[C@H]1[C@@H]3CC[C@](O)(C(=O)CO)[C@@]3(C)C[C@H](O)[C@@]12C1CC(=O)C=C2[C@H](O)C[C@@H]3[C@H]([C@@H](O)C[C@@]4(C)[C@H]3CC[C@]4(O)C(=O)CO)[C@]21C. The fraction of sp³-hybridized carbons (Fsp3) is 0.810. The Morgan fingerprint density at radius 1 is 0.722 bits per heavy atom. The molecule has 6 fully saturated rings. The van der Waals surface area contributed by atoms with E-state index < -0.39 is 117 Å². The molecule has 8 N–H and O–H groups in total. The quantitative estimate of drug-likeness (QED) is 0.198. The molecule has 0 aromatic heterocycles. The summed E-state index contributed by atoms with van der Waals surface area (Å²) in [5.41, 5.74) is -8.63. The maximum Gasteiger partial charge on any atom is 0.190 e. The van der Waals surface area contributed by atoms with Crippen molar-refractivity contribution >= 4 is 23.1 Å².